The van der Waals surface area contributed by atoms with Crippen molar-refractivity contribution in [3.63, 3.8) is 0 Å². The number of aliphatic hydroxyl groups excluding tert-OH is 3. The van der Waals surface area contributed by atoms with Crippen LogP contribution in [0.4, 0.5) is 0 Å². The third kappa shape index (κ3) is 10.7. The zero-order valence-corrected chi connectivity index (χ0v) is 31.5. The maximum atomic E-state index is 9.89. The molecule has 1 aliphatic heterocycles. The van der Waals surface area contributed by atoms with E-state index in [1.54, 1.807) is 13.0 Å². The van der Waals surface area contributed by atoms with Crippen LogP contribution in [0.25, 0.3) is 15.8 Å². The van der Waals surface area contributed by atoms with E-state index < -0.39 is 37.0 Å². The average molecular weight is 1170 g/mol. The number of likely N-dealkylation sites (N-methyl/N-ethyl adjacent to an activating group) is 1. The Kier molecular flexibility index (Phi) is 29.1. The summed E-state index contributed by atoms with van der Waals surface area (Å²) in [5, 5.41) is 35.8. The number of rotatable bonds is 5. The SMILES string of the molecule is C[N-][C@H]1[C@H]([C@@H](O)[C@@H](O)CO)OC(C)=C[C@@H]1N=[N+]=[N-].[Ac].[Ac].[Ac].[Ac]. The molecule has 0 aliphatic carbocycles. The fourth-order valence-electron chi connectivity index (χ4n) is 1.92. The van der Waals surface area contributed by atoms with Gasteiger partial charge in [0.25, 0.3) is 0 Å². The largest absolute Gasteiger partial charge is 0.659 e. The Bertz CT molecular complexity index is 371. The van der Waals surface area contributed by atoms with E-state index in [9.17, 15) is 10.2 Å². The fraction of sp³-hybridized carbons (Fsp3) is 0.800. The van der Waals surface area contributed by atoms with E-state index in [0.717, 1.165) is 0 Å². The maximum absolute atomic E-state index is 9.89. The minimum absolute atomic E-state index is 0. The Hall–Kier alpha value is 4.46. The second-order valence-corrected chi connectivity index (χ2v) is 4.04. The molecule has 1 aliphatic rings. The van der Waals surface area contributed by atoms with Gasteiger partial charge in [-0.2, -0.15) is 7.05 Å². The zero-order chi connectivity index (χ0) is 13.7. The third-order valence-corrected chi connectivity index (χ3v) is 2.81. The molecular formula is C10H17Ac4N4O4-. The van der Waals surface area contributed by atoms with E-state index >= 15 is 0 Å². The molecule has 1 rings (SSSR count). The smallest absolute Gasteiger partial charge is 0.117 e. The number of nitrogens with zero attached hydrogens (tertiary/aromatic N) is 4. The van der Waals surface area contributed by atoms with Crippen LogP contribution in [-0.2, 0) is 4.74 Å². The van der Waals surface area contributed by atoms with Gasteiger partial charge < -0.3 is 25.4 Å². The van der Waals surface area contributed by atoms with Gasteiger partial charge >= 0.3 is 0 Å². The van der Waals surface area contributed by atoms with E-state index in [-0.39, 0.29) is 176 Å². The van der Waals surface area contributed by atoms with Crippen LogP contribution in [0.15, 0.2) is 16.9 Å². The summed E-state index contributed by atoms with van der Waals surface area (Å²) < 4.78 is 5.41. The van der Waals surface area contributed by atoms with Crippen molar-refractivity contribution in [2.75, 3.05) is 13.7 Å². The van der Waals surface area contributed by atoms with Crippen molar-refractivity contribution < 1.29 is 196 Å². The van der Waals surface area contributed by atoms with Crippen LogP contribution in [0.5, 0.6) is 0 Å². The van der Waals surface area contributed by atoms with Crippen molar-refractivity contribution >= 4 is 0 Å². The van der Waals surface area contributed by atoms with E-state index in [1.165, 1.54) is 7.05 Å². The predicted molar refractivity (Wildman–Crippen MR) is 63.7 cm³/mol. The van der Waals surface area contributed by atoms with Crippen LogP contribution in [0.2, 0.25) is 0 Å². The number of ether oxygens (including phenoxy) is 1. The molecule has 0 unspecified atom stereocenters. The number of allylic oxidation sites excluding steroid dienone is 1. The third-order valence-electron chi connectivity index (χ3n) is 2.81. The summed E-state index contributed by atoms with van der Waals surface area (Å²) >= 11 is 0. The molecule has 0 aromatic carbocycles. The van der Waals surface area contributed by atoms with Crippen LogP contribution >= 0.6 is 0 Å². The molecule has 12 heteroatoms. The monoisotopic (exact) mass is 1170 g/mol. The Morgan fingerprint density at radius 1 is 1.36 bits per heavy atom. The molecule has 3 N–H and O–H groups in total. The molecule has 1 heterocycles. The summed E-state index contributed by atoms with van der Waals surface area (Å²) in [5.41, 5.74) is 8.49. The van der Waals surface area contributed by atoms with Crippen molar-refractivity contribution in [2.45, 2.75) is 37.3 Å². The van der Waals surface area contributed by atoms with Crippen molar-refractivity contribution in [3.05, 3.63) is 27.6 Å². The van der Waals surface area contributed by atoms with Gasteiger partial charge in [-0.3, -0.25) is 0 Å². The first-order chi connectivity index (χ1) is 8.54. The first-order valence-electron chi connectivity index (χ1n) is 5.50. The molecule has 8 nitrogen and oxygen atoms in total. The fourth-order valence-corrected chi connectivity index (χ4v) is 1.92. The molecule has 5 atom stereocenters. The van der Waals surface area contributed by atoms with E-state index in [0.29, 0.717) is 5.76 Å². The molecule has 0 fully saturated rings. The molecule has 0 amide bonds. The van der Waals surface area contributed by atoms with Crippen molar-refractivity contribution in [1.82, 2.24) is 0 Å². The molecule has 114 valence electrons. The summed E-state index contributed by atoms with van der Waals surface area (Å²) in [7, 11) is 1.51. The topological polar surface area (TPSA) is 133 Å². The first kappa shape index (κ1) is 34.0. The van der Waals surface area contributed by atoms with Gasteiger partial charge in [0.1, 0.15) is 18.3 Å². The number of azide groups is 1. The summed E-state index contributed by atoms with van der Waals surface area (Å²) in [6.07, 6.45) is -1.91. The first-order valence-corrected chi connectivity index (χ1v) is 5.50. The Morgan fingerprint density at radius 2 is 1.91 bits per heavy atom. The molecule has 0 aromatic heterocycles. The van der Waals surface area contributed by atoms with Crippen molar-refractivity contribution in [1.29, 1.82) is 0 Å². The van der Waals surface area contributed by atoms with Crippen LogP contribution < -0.4 is 0 Å². The normalized spacial score (nSPS) is 25.1. The molecule has 0 bridgehead atoms. The molecule has 4 radical (unpaired) electrons. The predicted octanol–water partition coefficient (Wildman–Crippen LogP) is 0.0541. The van der Waals surface area contributed by atoms with Crippen LogP contribution in [0.3, 0.4) is 0 Å². The Morgan fingerprint density at radius 3 is 2.32 bits per heavy atom. The van der Waals surface area contributed by atoms with Crippen molar-refractivity contribution in [2.24, 2.45) is 5.11 Å². The van der Waals surface area contributed by atoms with Crippen LogP contribution in [0, 0.1) is 176 Å². The van der Waals surface area contributed by atoms with Gasteiger partial charge in [0.2, 0.25) is 0 Å². The van der Waals surface area contributed by atoms with E-state index in [4.69, 9.17) is 15.4 Å². The Labute approximate surface area is 273 Å². The number of hydrogen-bond acceptors (Lipinski definition) is 5. The van der Waals surface area contributed by atoms with Gasteiger partial charge in [0.15, 0.2) is 0 Å². The maximum Gasteiger partial charge on any atom is 0.117 e. The minimum atomic E-state index is -1.34. The van der Waals surface area contributed by atoms with Gasteiger partial charge in [0, 0.05) is 187 Å². The second kappa shape index (κ2) is 18.8. The van der Waals surface area contributed by atoms with Gasteiger partial charge in [0.05, 0.1) is 12.4 Å². The van der Waals surface area contributed by atoms with Crippen molar-refractivity contribution in [3.8, 4) is 0 Å². The van der Waals surface area contributed by atoms with Gasteiger partial charge in [-0.15, -0.1) is 0 Å². The quantitative estimate of drug-likeness (QED) is 0.204. The summed E-state index contributed by atoms with van der Waals surface area (Å²) in [5.74, 6) is 0.474. The van der Waals surface area contributed by atoms with Crippen LogP contribution in [-0.4, -0.2) is 59.4 Å². The Balaban J connectivity index is -0.000000405. The van der Waals surface area contributed by atoms with E-state index in [1.807, 2.05) is 0 Å². The standard InChI is InChI=1S/C10H17N4O4.4Ac/c1-5-3-6(13-14-11)8(12-2)10(18-5)9(17)7(16)4-15;;;;/h3,6-10,15-17H,4H2,1-2H3;;;;/q-1;;;;/t6-,7-,8+,9-,10+;;;;/m0..../s1. The summed E-state index contributed by atoms with van der Waals surface area (Å²) in [4.78, 5) is 2.72. The minimum Gasteiger partial charge on any atom is -0.659 e. The zero-order valence-electron chi connectivity index (χ0n) is 12.5. The average Bonchev–Trinajstić information content (AvgIpc) is 2.36. The van der Waals surface area contributed by atoms with Gasteiger partial charge in [-0.25, -0.2) is 0 Å². The van der Waals surface area contributed by atoms with Gasteiger partial charge in [-0.05, 0) is 18.5 Å². The molecule has 22 heavy (non-hydrogen) atoms. The molecular weight excluding hydrogens is 1150 g/mol. The van der Waals surface area contributed by atoms with Crippen LogP contribution in [0.1, 0.15) is 6.92 Å². The number of hydrogen-bond donors (Lipinski definition) is 3. The second-order valence-electron chi connectivity index (χ2n) is 4.04. The number of aliphatic hydroxyl groups is 3. The molecule has 0 saturated carbocycles. The summed E-state index contributed by atoms with van der Waals surface area (Å²) in [6, 6.07) is -1.19. The molecule has 0 saturated heterocycles. The summed E-state index contributed by atoms with van der Waals surface area (Å²) in [6.45, 7) is 1.06. The molecule has 0 spiro atoms. The molecule has 0 aromatic rings. The van der Waals surface area contributed by atoms with E-state index in [2.05, 4.69) is 15.3 Å². The van der Waals surface area contributed by atoms with Gasteiger partial charge in [-0.1, -0.05) is 11.2 Å².